The fraction of sp³-hybridized carbons (Fsp3) is 0.500. The number of ether oxygens (including phenoxy) is 1. The second kappa shape index (κ2) is 11.6. The predicted molar refractivity (Wildman–Crippen MR) is 158 cm³/mol. The smallest absolute Gasteiger partial charge is 0.319 e. The van der Waals surface area contributed by atoms with Crippen LogP contribution in [0.5, 0.6) is 5.75 Å². The fourth-order valence-electron chi connectivity index (χ4n) is 4.91. The number of hydrazine groups is 1. The van der Waals surface area contributed by atoms with E-state index >= 15 is 0 Å². The second-order valence-corrected chi connectivity index (χ2v) is 12.8. The van der Waals surface area contributed by atoms with E-state index in [1.807, 2.05) is 23.1 Å². The number of benzene rings is 1. The van der Waals surface area contributed by atoms with Gasteiger partial charge in [0, 0.05) is 23.2 Å². The number of halogens is 1. The van der Waals surface area contributed by atoms with Gasteiger partial charge in [-0.05, 0) is 68.7 Å². The number of fused-ring (bicyclic) bond motifs is 1. The highest BCUT2D eigenvalue weighted by Crippen LogP contribution is 2.46. The minimum absolute atomic E-state index is 0.163. The van der Waals surface area contributed by atoms with Crippen molar-refractivity contribution in [1.29, 1.82) is 0 Å². The van der Waals surface area contributed by atoms with Crippen LogP contribution in [-0.2, 0) is 14.1 Å². The molecule has 1 aliphatic heterocycles. The third-order valence-corrected chi connectivity index (χ3v) is 9.35. The minimum Gasteiger partial charge on any atom is -0.436 e. The van der Waals surface area contributed by atoms with Crippen molar-refractivity contribution < 1.29 is 18.6 Å². The number of carbonyl (C=O) groups excluding carboxylic acids is 1. The first-order valence-electron chi connectivity index (χ1n) is 13.4. The summed E-state index contributed by atoms with van der Waals surface area (Å²) in [5.41, 5.74) is 6.34. The molecular weight excluding hydrogens is 573 g/mol. The Balaban J connectivity index is 1.16. The lowest BCUT2D eigenvalue weighted by Gasteiger charge is -2.24. The van der Waals surface area contributed by atoms with Crippen molar-refractivity contribution in [3.63, 3.8) is 0 Å². The van der Waals surface area contributed by atoms with Crippen molar-refractivity contribution in [3.8, 4) is 5.75 Å². The maximum absolute atomic E-state index is 11.6. The molecule has 6 rings (SSSR count). The second-order valence-electron chi connectivity index (χ2n) is 10.6. The average Bonchev–Trinajstić information content (AvgIpc) is 3.86. The topological polar surface area (TPSA) is 129 Å². The molecule has 4 atom stereocenters. The normalized spacial score (nSPS) is 24.2. The number of nitrogens with two attached hydrogens (primary N) is 1. The third kappa shape index (κ3) is 6.04. The lowest BCUT2D eigenvalue weighted by atomic mass is 10.1. The number of nitrogens with one attached hydrogen (secondary N) is 2. The molecule has 2 aliphatic carbocycles. The van der Waals surface area contributed by atoms with Gasteiger partial charge in [0.15, 0.2) is 5.82 Å². The van der Waals surface area contributed by atoms with E-state index in [0.717, 1.165) is 55.2 Å². The SMILES string of the molecule is CSNN(c1nc(N)nc2c1ccn2C1OC(COP(NC2(C=O)CC2)Oc2ccc(Cl)cc2)CC1C)C1CC1. The van der Waals surface area contributed by atoms with Crippen molar-refractivity contribution in [2.45, 2.75) is 62.9 Å². The van der Waals surface area contributed by atoms with Gasteiger partial charge < -0.3 is 28.9 Å². The highest BCUT2D eigenvalue weighted by atomic mass is 35.5. The summed E-state index contributed by atoms with van der Waals surface area (Å²) < 4.78 is 20.9. The predicted octanol–water partition coefficient (Wildman–Crippen LogP) is 4.99. The monoisotopic (exact) mass is 605 g/mol. The Bertz CT molecular complexity index is 1360. The zero-order chi connectivity index (χ0) is 27.9. The van der Waals surface area contributed by atoms with Crippen LogP contribution in [0.3, 0.4) is 0 Å². The van der Waals surface area contributed by atoms with Crippen LogP contribution >= 0.6 is 32.1 Å². The van der Waals surface area contributed by atoms with Crippen LogP contribution < -0.4 is 25.2 Å². The van der Waals surface area contributed by atoms with Crippen LogP contribution in [0.15, 0.2) is 36.5 Å². The molecule has 11 nitrogen and oxygen atoms in total. The van der Waals surface area contributed by atoms with Crippen LogP contribution in [0, 0.1) is 5.92 Å². The molecule has 1 aromatic carbocycles. The number of aldehydes is 1. The average molecular weight is 606 g/mol. The summed E-state index contributed by atoms with van der Waals surface area (Å²) in [5, 5.41) is 6.91. The van der Waals surface area contributed by atoms with Gasteiger partial charge in [-0.25, -0.2) is 5.09 Å². The van der Waals surface area contributed by atoms with Gasteiger partial charge in [-0.3, -0.25) is 5.01 Å². The van der Waals surface area contributed by atoms with E-state index in [4.69, 9.17) is 31.1 Å². The van der Waals surface area contributed by atoms with Crippen molar-refractivity contribution in [2.24, 2.45) is 5.92 Å². The lowest BCUT2D eigenvalue weighted by molar-refractivity contribution is -0.110. The number of aromatic nitrogens is 3. The zero-order valence-electron chi connectivity index (χ0n) is 22.3. The number of rotatable bonds is 13. The molecule has 14 heteroatoms. The van der Waals surface area contributed by atoms with E-state index in [1.165, 1.54) is 11.9 Å². The van der Waals surface area contributed by atoms with Gasteiger partial charge in [-0.15, -0.1) is 0 Å². The van der Waals surface area contributed by atoms with E-state index in [9.17, 15) is 4.79 Å². The molecule has 3 heterocycles. The molecule has 2 aromatic heterocycles. The molecule has 1 saturated heterocycles. The molecule has 4 N–H and O–H groups in total. The van der Waals surface area contributed by atoms with E-state index in [0.29, 0.717) is 23.4 Å². The van der Waals surface area contributed by atoms with E-state index in [1.54, 1.807) is 24.3 Å². The quantitative estimate of drug-likeness (QED) is 0.105. The summed E-state index contributed by atoms with van der Waals surface area (Å²) in [7, 11) is -1.58. The summed E-state index contributed by atoms with van der Waals surface area (Å²) in [6, 6.07) is 9.50. The maximum Gasteiger partial charge on any atom is 0.319 e. The van der Waals surface area contributed by atoms with Gasteiger partial charge in [0.2, 0.25) is 5.95 Å². The Labute approximate surface area is 243 Å². The molecule has 4 unspecified atom stereocenters. The third-order valence-electron chi connectivity index (χ3n) is 7.33. The van der Waals surface area contributed by atoms with Crippen molar-refractivity contribution in [3.05, 3.63) is 41.6 Å². The van der Waals surface area contributed by atoms with Crippen molar-refractivity contribution in [2.75, 3.05) is 23.6 Å². The molecular formula is C26H33ClN7O4PS. The first kappa shape index (κ1) is 28.0. The van der Waals surface area contributed by atoms with E-state index in [2.05, 4.69) is 31.8 Å². The Kier molecular flexibility index (Phi) is 8.11. The Hall–Kier alpha value is -2.18. The summed E-state index contributed by atoms with van der Waals surface area (Å²) in [6.45, 7) is 2.47. The molecule has 0 radical (unpaired) electrons. The lowest BCUT2D eigenvalue weighted by Crippen LogP contribution is -2.36. The molecule has 3 aliphatic rings. The summed E-state index contributed by atoms with van der Waals surface area (Å²) in [4.78, 5) is 24.2. The van der Waals surface area contributed by atoms with E-state index in [-0.39, 0.29) is 24.2 Å². The van der Waals surface area contributed by atoms with Crippen LogP contribution in [0.25, 0.3) is 11.0 Å². The number of hydrogen-bond acceptors (Lipinski definition) is 11. The molecule has 40 heavy (non-hydrogen) atoms. The van der Waals surface area contributed by atoms with Crippen LogP contribution in [0.2, 0.25) is 5.02 Å². The van der Waals surface area contributed by atoms with Crippen LogP contribution in [0.4, 0.5) is 11.8 Å². The number of nitrogens with zero attached hydrogens (tertiary/aromatic N) is 4. The number of nitrogen functional groups attached to an aromatic ring is 1. The van der Waals surface area contributed by atoms with Gasteiger partial charge in [-0.1, -0.05) is 30.5 Å². The standard InChI is InChI=1S/C26H33ClN7O4PS/c1-16-13-20(14-36-39(31-26(15-35)10-11-26)38-19-7-3-17(27)4-8-19)37-24(16)33-12-9-21-22(33)29-25(28)30-23(21)34(32-40-2)18-5-6-18/h3-4,7-9,12,15-16,18,20,24,31-32H,5-6,10-11,13-14H2,1-2H3,(H2,28,29,30). The van der Waals surface area contributed by atoms with Crippen molar-refractivity contribution >= 4 is 61.2 Å². The Morgan fingerprint density at radius 2 is 2.08 bits per heavy atom. The number of anilines is 2. The number of hydrogen-bond donors (Lipinski definition) is 3. The molecule has 0 spiro atoms. The zero-order valence-corrected chi connectivity index (χ0v) is 24.8. The molecule has 3 fully saturated rings. The molecule has 214 valence electrons. The van der Waals surface area contributed by atoms with Gasteiger partial charge in [0.25, 0.3) is 0 Å². The van der Waals surface area contributed by atoms with Gasteiger partial charge in [0.05, 0.1) is 23.6 Å². The highest BCUT2D eigenvalue weighted by Gasteiger charge is 2.46. The van der Waals surface area contributed by atoms with Crippen LogP contribution in [-0.4, -0.2) is 51.4 Å². The van der Waals surface area contributed by atoms with Gasteiger partial charge in [-0.2, -0.15) is 14.8 Å². The first-order chi connectivity index (χ1) is 19.4. The highest BCUT2D eigenvalue weighted by molar-refractivity contribution is 7.96. The maximum atomic E-state index is 11.6. The number of carbonyl (C=O) groups is 1. The molecule has 0 amide bonds. The van der Waals surface area contributed by atoms with E-state index < -0.39 is 14.1 Å². The minimum atomic E-state index is -1.58. The summed E-state index contributed by atoms with van der Waals surface area (Å²) >= 11 is 7.55. The first-order valence-corrected chi connectivity index (χ1v) is 16.1. The largest absolute Gasteiger partial charge is 0.436 e. The van der Waals surface area contributed by atoms with Crippen molar-refractivity contribution in [1.82, 2.24) is 24.5 Å². The fourth-order valence-corrected chi connectivity index (χ4v) is 6.88. The van der Waals surface area contributed by atoms with Gasteiger partial charge >= 0.3 is 8.53 Å². The Morgan fingerprint density at radius 1 is 1.30 bits per heavy atom. The summed E-state index contributed by atoms with van der Waals surface area (Å²) in [5.74, 6) is 1.82. The molecule has 2 saturated carbocycles. The van der Waals surface area contributed by atoms with Crippen LogP contribution in [0.1, 0.15) is 45.3 Å². The van der Waals surface area contributed by atoms with Gasteiger partial charge in [0.1, 0.15) is 23.9 Å². The Morgan fingerprint density at radius 3 is 2.75 bits per heavy atom. The molecule has 0 bridgehead atoms. The summed E-state index contributed by atoms with van der Waals surface area (Å²) in [6.07, 6.45) is 9.07. The molecule has 3 aromatic rings.